The summed E-state index contributed by atoms with van der Waals surface area (Å²) in [5, 5.41) is 6.56. The summed E-state index contributed by atoms with van der Waals surface area (Å²) in [6, 6.07) is 9.15. The van der Waals surface area contributed by atoms with Gasteiger partial charge in [0, 0.05) is 30.3 Å². The molecule has 10 nitrogen and oxygen atoms in total. The van der Waals surface area contributed by atoms with Gasteiger partial charge >= 0.3 is 0 Å². The fraction of sp³-hybridized carbons (Fsp3) is 0.318. The number of anilines is 2. The molecule has 0 bridgehead atoms. The van der Waals surface area contributed by atoms with Crippen LogP contribution in [0.2, 0.25) is 0 Å². The first-order valence-corrected chi connectivity index (χ1v) is 11.9. The molecule has 0 aliphatic carbocycles. The van der Waals surface area contributed by atoms with Gasteiger partial charge in [-0.2, -0.15) is 0 Å². The maximum absolute atomic E-state index is 12.7. The van der Waals surface area contributed by atoms with Crippen molar-refractivity contribution in [3.8, 4) is 0 Å². The first-order valence-electron chi connectivity index (χ1n) is 10.4. The summed E-state index contributed by atoms with van der Waals surface area (Å²) in [7, 11) is -3.86. The Balaban J connectivity index is 1.33. The third kappa shape index (κ3) is 4.92. The van der Waals surface area contributed by atoms with Crippen LogP contribution >= 0.6 is 0 Å². The minimum Gasteiger partial charge on any atom is -0.459 e. The van der Waals surface area contributed by atoms with Gasteiger partial charge in [-0.3, -0.25) is 9.59 Å². The Hall–Kier alpha value is -3.60. The zero-order valence-electron chi connectivity index (χ0n) is 18.2. The number of hydrogen-bond donors (Lipinski definition) is 2. The summed E-state index contributed by atoms with van der Waals surface area (Å²) in [6.45, 7) is 4.34. The van der Waals surface area contributed by atoms with E-state index in [9.17, 15) is 18.0 Å². The molecule has 3 aromatic rings. The molecule has 0 saturated carbocycles. The number of aryl methyl sites for hydroxylation is 1. The van der Waals surface area contributed by atoms with Crippen LogP contribution in [0.1, 0.15) is 34.7 Å². The van der Waals surface area contributed by atoms with Crippen LogP contribution in [0, 0.1) is 19.8 Å². The van der Waals surface area contributed by atoms with Gasteiger partial charge in [0.25, 0.3) is 15.9 Å². The molecule has 1 aromatic carbocycles. The Morgan fingerprint density at radius 2 is 1.79 bits per heavy atom. The lowest BCUT2D eigenvalue weighted by Gasteiger charge is -2.30. The SMILES string of the molecule is Cc1noc(NS(=O)(=O)c2ccc(NC(=O)C3CCN(C(=O)c4ccco4)CC3)cc2)c1C. The molecule has 33 heavy (non-hydrogen) atoms. The second kappa shape index (κ2) is 9.10. The van der Waals surface area contributed by atoms with Crippen LogP contribution in [-0.4, -0.2) is 43.4 Å². The summed E-state index contributed by atoms with van der Waals surface area (Å²) in [6.07, 6.45) is 2.52. The topological polar surface area (TPSA) is 135 Å². The quantitative estimate of drug-likeness (QED) is 0.562. The monoisotopic (exact) mass is 472 g/mol. The maximum atomic E-state index is 12.7. The Labute approximate surface area is 191 Å². The summed E-state index contributed by atoms with van der Waals surface area (Å²) < 4.78 is 37.7. The lowest BCUT2D eigenvalue weighted by Crippen LogP contribution is -2.41. The molecule has 2 amide bonds. The van der Waals surface area contributed by atoms with E-state index in [0.717, 1.165) is 0 Å². The third-order valence-electron chi connectivity index (χ3n) is 5.70. The van der Waals surface area contributed by atoms with Gasteiger partial charge in [-0.1, -0.05) is 5.16 Å². The summed E-state index contributed by atoms with van der Waals surface area (Å²) in [5.41, 5.74) is 1.70. The average molecular weight is 473 g/mol. The number of carbonyl (C=O) groups excluding carboxylic acids is 2. The molecular formula is C22H24N4O6S. The van der Waals surface area contributed by atoms with Crippen LogP contribution in [0.4, 0.5) is 11.6 Å². The van der Waals surface area contributed by atoms with E-state index in [1.54, 1.807) is 30.9 Å². The molecule has 4 rings (SSSR count). The van der Waals surface area contributed by atoms with E-state index < -0.39 is 10.0 Å². The predicted octanol–water partition coefficient (Wildman–Crippen LogP) is 3.18. The standard InChI is InChI=1S/C22H24N4O6S/c1-14-15(2)24-32-21(14)25-33(29,30)18-7-5-17(6-8-18)23-20(27)16-9-11-26(12-10-16)22(28)19-4-3-13-31-19/h3-8,13,16,25H,9-12H2,1-2H3,(H,23,27). The molecule has 1 fully saturated rings. The van der Waals surface area contributed by atoms with Gasteiger partial charge in [-0.05, 0) is 63.1 Å². The van der Waals surface area contributed by atoms with Gasteiger partial charge in [0.1, 0.15) is 0 Å². The van der Waals surface area contributed by atoms with Gasteiger partial charge in [-0.15, -0.1) is 0 Å². The molecule has 0 spiro atoms. The number of likely N-dealkylation sites (tertiary alicyclic amines) is 1. The Morgan fingerprint density at radius 3 is 2.36 bits per heavy atom. The molecule has 2 N–H and O–H groups in total. The molecule has 0 atom stereocenters. The van der Waals surface area contributed by atoms with Crippen LogP contribution < -0.4 is 10.0 Å². The number of sulfonamides is 1. The van der Waals surface area contributed by atoms with Crippen molar-refractivity contribution in [2.45, 2.75) is 31.6 Å². The van der Waals surface area contributed by atoms with Crippen LogP contribution in [0.25, 0.3) is 0 Å². The lowest BCUT2D eigenvalue weighted by atomic mass is 9.95. The van der Waals surface area contributed by atoms with Crippen molar-refractivity contribution in [1.29, 1.82) is 0 Å². The Bertz CT molecular complexity index is 1240. The normalized spacial score (nSPS) is 14.8. The van der Waals surface area contributed by atoms with Gasteiger partial charge in [0.15, 0.2) is 5.76 Å². The van der Waals surface area contributed by atoms with E-state index >= 15 is 0 Å². The van der Waals surface area contributed by atoms with Crippen molar-refractivity contribution in [2.75, 3.05) is 23.1 Å². The second-order valence-corrected chi connectivity index (χ2v) is 9.57. The van der Waals surface area contributed by atoms with E-state index in [1.165, 1.54) is 30.5 Å². The number of rotatable bonds is 6. The predicted molar refractivity (Wildman–Crippen MR) is 119 cm³/mol. The smallest absolute Gasteiger partial charge is 0.289 e. The summed E-state index contributed by atoms with van der Waals surface area (Å²) in [4.78, 5) is 26.7. The van der Waals surface area contributed by atoms with Crippen LogP contribution in [-0.2, 0) is 14.8 Å². The van der Waals surface area contributed by atoms with Crippen molar-refractivity contribution < 1.29 is 26.9 Å². The van der Waals surface area contributed by atoms with Crippen molar-refractivity contribution in [2.24, 2.45) is 5.92 Å². The van der Waals surface area contributed by atoms with Gasteiger partial charge in [0.2, 0.25) is 11.8 Å². The summed E-state index contributed by atoms with van der Waals surface area (Å²) in [5.74, 6) is -0.229. The highest BCUT2D eigenvalue weighted by molar-refractivity contribution is 7.92. The van der Waals surface area contributed by atoms with E-state index in [0.29, 0.717) is 42.9 Å². The van der Waals surface area contributed by atoms with E-state index in [2.05, 4.69) is 15.2 Å². The van der Waals surface area contributed by atoms with E-state index in [-0.39, 0.29) is 34.3 Å². The number of benzene rings is 1. The highest BCUT2D eigenvalue weighted by atomic mass is 32.2. The number of furan rings is 1. The maximum Gasteiger partial charge on any atom is 0.289 e. The largest absolute Gasteiger partial charge is 0.459 e. The summed E-state index contributed by atoms with van der Waals surface area (Å²) >= 11 is 0. The minimum absolute atomic E-state index is 0.0266. The molecule has 1 aliphatic heterocycles. The first kappa shape index (κ1) is 22.6. The molecule has 0 unspecified atom stereocenters. The van der Waals surface area contributed by atoms with Crippen LogP contribution in [0.15, 0.2) is 56.5 Å². The molecule has 3 heterocycles. The zero-order valence-corrected chi connectivity index (χ0v) is 19.0. The Morgan fingerprint density at radius 1 is 1.09 bits per heavy atom. The molecular weight excluding hydrogens is 448 g/mol. The Kier molecular flexibility index (Phi) is 6.23. The number of piperidine rings is 1. The zero-order chi connectivity index (χ0) is 23.6. The number of hydrogen-bond acceptors (Lipinski definition) is 7. The van der Waals surface area contributed by atoms with Gasteiger partial charge < -0.3 is 19.2 Å². The number of aromatic nitrogens is 1. The fourth-order valence-electron chi connectivity index (χ4n) is 3.55. The molecule has 174 valence electrons. The van der Waals surface area contributed by atoms with E-state index in [4.69, 9.17) is 8.94 Å². The van der Waals surface area contributed by atoms with Gasteiger partial charge in [-0.25, -0.2) is 13.1 Å². The second-order valence-electron chi connectivity index (χ2n) is 7.89. The van der Waals surface area contributed by atoms with Crippen molar-refractivity contribution in [1.82, 2.24) is 10.1 Å². The van der Waals surface area contributed by atoms with Crippen molar-refractivity contribution in [3.63, 3.8) is 0 Å². The average Bonchev–Trinajstić information content (AvgIpc) is 3.45. The van der Waals surface area contributed by atoms with Crippen LogP contribution in [0.3, 0.4) is 0 Å². The van der Waals surface area contributed by atoms with E-state index in [1.807, 2.05) is 0 Å². The molecule has 1 aliphatic rings. The number of nitrogens with one attached hydrogen (secondary N) is 2. The number of nitrogens with zero attached hydrogens (tertiary/aromatic N) is 2. The minimum atomic E-state index is -3.86. The van der Waals surface area contributed by atoms with Crippen molar-refractivity contribution >= 4 is 33.4 Å². The first-order chi connectivity index (χ1) is 15.7. The van der Waals surface area contributed by atoms with Gasteiger partial charge in [0.05, 0.1) is 16.9 Å². The molecule has 11 heteroatoms. The molecule has 2 aromatic heterocycles. The number of amides is 2. The number of carbonyl (C=O) groups is 2. The third-order valence-corrected chi connectivity index (χ3v) is 7.05. The highest BCUT2D eigenvalue weighted by Gasteiger charge is 2.29. The molecule has 0 radical (unpaired) electrons. The fourth-order valence-corrected chi connectivity index (χ4v) is 4.60. The highest BCUT2D eigenvalue weighted by Crippen LogP contribution is 2.24. The lowest BCUT2D eigenvalue weighted by molar-refractivity contribution is -0.121. The van der Waals surface area contributed by atoms with Crippen molar-refractivity contribution in [3.05, 3.63) is 59.7 Å². The molecule has 1 saturated heterocycles. The van der Waals surface area contributed by atoms with Crippen LogP contribution in [0.5, 0.6) is 0 Å².